The standard InChI is InChI=1S/C19H27N3O5S/c1-4-9-20-17(25)11(2)21-15(24)10-27-19(26)16-13-7-5-6-8-14(13)28-18(16)22-12(3)23/h11H,4-10H2,1-3H3,(H,20,25)(H,21,24)(H,22,23)/t11-/m1/s1. The van der Waals surface area contributed by atoms with Crippen LogP contribution in [0.15, 0.2) is 0 Å². The van der Waals surface area contributed by atoms with Crippen molar-refractivity contribution in [3.63, 3.8) is 0 Å². The Balaban J connectivity index is 1.99. The third-order valence-corrected chi connectivity index (χ3v) is 5.53. The van der Waals surface area contributed by atoms with Gasteiger partial charge in [0.25, 0.3) is 5.91 Å². The molecule has 0 saturated heterocycles. The maximum Gasteiger partial charge on any atom is 0.341 e. The van der Waals surface area contributed by atoms with Crippen LogP contribution in [0.3, 0.4) is 0 Å². The number of carbonyl (C=O) groups excluding carboxylic acids is 4. The Labute approximate surface area is 168 Å². The minimum absolute atomic E-state index is 0.266. The van der Waals surface area contributed by atoms with E-state index in [2.05, 4.69) is 16.0 Å². The van der Waals surface area contributed by atoms with Crippen LogP contribution in [0.4, 0.5) is 5.00 Å². The number of fused-ring (bicyclic) bond motifs is 1. The maximum absolute atomic E-state index is 12.6. The molecule has 0 unspecified atom stereocenters. The first-order valence-electron chi connectivity index (χ1n) is 9.49. The Morgan fingerprint density at radius 3 is 2.57 bits per heavy atom. The van der Waals surface area contributed by atoms with Crippen LogP contribution in [-0.2, 0) is 32.0 Å². The quantitative estimate of drug-likeness (QED) is 0.566. The smallest absolute Gasteiger partial charge is 0.341 e. The van der Waals surface area contributed by atoms with Gasteiger partial charge >= 0.3 is 5.97 Å². The van der Waals surface area contributed by atoms with Gasteiger partial charge in [-0.2, -0.15) is 0 Å². The average molecular weight is 410 g/mol. The molecule has 0 radical (unpaired) electrons. The van der Waals surface area contributed by atoms with Crippen molar-refractivity contribution in [2.75, 3.05) is 18.5 Å². The zero-order valence-electron chi connectivity index (χ0n) is 16.5. The topological polar surface area (TPSA) is 114 Å². The van der Waals surface area contributed by atoms with E-state index in [1.807, 2.05) is 6.92 Å². The third-order valence-electron chi connectivity index (χ3n) is 4.32. The molecule has 1 aromatic heterocycles. The van der Waals surface area contributed by atoms with Crippen molar-refractivity contribution in [2.45, 2.75) is 58.9 Å². The van der Waals surface area contributed by atoms with Gasteiger partial charge in [0.05, 0.1) is 5.56 Å². The molecule has 0 aliphatic heterocycles. The van der Waals surface area contributed by atoms with Gasteiger partial charge in [-0.1, -0.05) is 6.92 Å². The molecule has 1 heterocycles. The van der Waals surface area contributed by atoms with Crippen molar-refractivity contribution in [1.29, 1.82) is 0 Å². The van der Waals surface area contributed by atoms with Crippen LogP contribution in [0.1, 0.15) is 60.8 Å². The molecular weight excluding hydrogens is 382 g/mol. The van der Waals surface area contributed by atoms with Gasteiger partial charge in [-0.05, 0) is 44.6 Å². The van der Waals surface area contributed by atoms with Crippen LogP contribution >= 0.6 is 11.3 Å². The number of carbonyl (C=O) groups is 4. The van der Waals surface area contributed by atoms with Crippen molar-refractivity contribution < 1.29 is 23.9 Å². The summed E-state index contributed by atoms with van der Waals surface area (Å²) in [6, 6.07) is -0.721. The van der Waals surface area contributed by atoms with Crippen LogP contribution in [0.5, 0.6) is 0 Å². The van der Waals surface area contributed by atoms with Crippen molar-refractivity contribution >= 4 is 40.0 Å². The minimum atomic E-state index is -0.721. The van der Waals surface area contributed by atoms with Crippen molar-refractivity contribution in [1.82, 2.24) is 10.6 Å². The molecule has 9 heteroatoms. The zero-order chi connectivity index (χ0) is 20.7. The molecule has 1 aliphatic rings. The second-order valence-corrected chi connectivity index (χ2v) is 7.86. The van der Waals surface area contributed by atoms with Gasteiger partial charge in [0.15, 0.2) is 6.61 Å². The summed E-state index contributed by atoms with van der Waals surface area (Å²) in [7, 11) is 0. The van der Waals surface area contributed by atoms with E-state index in [0.29, 0.717) is 17.1 Å². The molecular formula is C19H27N3O5S. The van der Waals surface area contributed by atoms with Crippen LogP contribution in [0.25, 0.3) is 0 Å². The van der Waals surface area contributed by atoms with Gasteiger partial charge in [-0.25, -0.2) is 4.79 Å². The highest BCUT2D eigenvalue weighted by molar-refractivity contribution is 7.17. The number of aryl methyl sites for hydroxylation is 1. The molecule has 28 heavy (non-hydrogen) atoms. The van der Waals surface area contributed by atoms with Crippen LogP contribution in [-0.4, -0.2) is 42.9 Å². The minimum Gasteiger partial charge on any atom is -0.452 e. The Kier molecular flexibility index (Phi) is 7.98. The molecule has 0 spiro atoms. The number of amides is 3. The molecule has 1 atom stereocenters. The summed E-state index contributed by atoms with van der Waals surface area (Å²) < 4.78 is 5.17. The summed E-state index contributed by atoms with van der Waals surface area (Å²) in [5, 5.41) is 8.35. The van der Waals surface area contributed by atoms with E-state index < -0.39 is 24.5 Å². The summed E-state index contributed by atoms with van der Waals surface area (Å²) in [6.07, 6.45) is 4.42. The lowest BCUT2D eigenvalue weighted by Crippen LogP contribution is -2.46. The van der Waals surface area contributed by atoms with E-state index in [1.54, 1.807) is 6.92 Å². The molecule has 1 aromatic rings. The summed E-state index contributed by atoms with van der Waals surface area (Å²) in [5.41, 5.74) is 1.24. The maximum atomic E-state index is 12.6. The van der Waals surface area contributed by atoms with E-state index in [9.17, 15) is 19.2 Å². The number of anilines is 1. The lowest BCUT2D eigenvalue weighted by molar-refractivity contribution is -0.130. The molecule has 3 N–H and O–H groups in total. The predicted molar refractivity (Wildman–Crippen MR) is 106 cm³/mol. The van der Waals surface area contributed by atoms with Gasteiger partial charge in [0, 0.05) is 18.3 Å². The number of esters is 1. The van der Waals surface area contributed by atoms with Gasteiger partial charge < -0.3 is 20.7 Å². The number of hydrogen-bond donors (Lipinski definition) is 3. The van der Waals surface area contributed by atoms with Gasteiger partial charge in [-0.3, -0.25) is 14.4 Å². The van der Waals surface area contributed by atoms with E-state index in [-0.39, 0.29) is 11.8 Å². The number of rotatable bonds is 8. The molecule has 3 amide bonds. The number of ether oxygens (including phenoxy) is 1. The summed E-state index contributed by atoms with van der Waals surface area (Å²) >= 11 is 1.39. The molecule has 2 rings (SSSR count). The third kappa shape index (κ3) is 5.79. The van der Waals surface area contributed by atoms with E-state index >= 15 is 0 Å². The highest BCUT2D eigenvalue weighted by Gasteiger charge is 2.27. The fraction of sp³-hybridized carbons (Fsp3) is 0.579. The second-order valence-electron chi connectivity index (χ2n) is 6.75. The summed E-state index contributed by atoms with van der Waals surface area (Å²) in [4.78, 5) is 49.0. The zero-order valence-corrected chi connectivity index (χ0v) is 17.3. The largest absolute Gasteiger partial charge is 0.452 e. The molecule has 154 valence electrons. The van der Waals surface area contributed by atoms with Crippen LogP contribution in [0.2, 0.25) is 0 Å². The molecule has 8 nitrogen and oxygen atoms in total. The first-order valence-corrected chi connectivity index (χ1v) is 10.3. The molecule has 0 aromatic carbocycles. The Morgan fingerprint density at radius 2 is 1.89 bits per heavy atom. The van der Waals surface area contributed by atoms with E-state index in [1.165, 1.54) is 18.3 Å². The van der Waals surface area contributed by atoms with Gasteiger partial charge in [-0.15, -0.1) is 11.3 Å². The Hall–Kier alpha value is -2.42. The Morgan fingerprint density at radius 1 is 1.18 bits per heavy atom. The second kappa shape index (κ2) is 10.2. The lowest BCUT2D eigenvalue weighted by atomic mass is 9.95. The van der Waals surface area contributed by atoms with Crippen LogP contribution in [0, 0.1) is 0 Å². The first kappa shape index (κ1) is 21.9. The summed E-state index contributed by atoms with van der Waals surface area (Å²) in [5.74, 6) is -1.75. The molecule has 0 bridgehead atoms. The number of thiophene rings is 1. The Bertz CT molecular complexity index is 759. The van der Waals surface area contributed by atoms with Crippen molar-refractivity contribution in [3.05, 3.63) is 16.0 Å². The average Bonchev–Trinajstić information content (AvgIpc) is 3.01. The SMILES string of the molecule is CCCNC(=O)[C@@H](C)NC(=O)COC(=O)c1c(NC(C)=O)sc2c1CCCC2. The van der Waals surface area contributed by atoms with Crippen molar-refractivity contribution in [3.8, 4) is 0 Å². The van der Waals surface area contributed by atoms with E-state index in [0.717, 1.165) is 42.5 Å². The lowest BCUT2D eigenvalue weighted by Gasteiger charge is -2.15. The number of nitrogens with one attached hydrogen (secondary N) is 3. The van der Waals surface area contributed by atoms with Gasteiger partial charge in [0.2, 0.25) is 11.8 Å². The predicted octanol–water partition coefficient (Wildman–Crippen LogP) is 1.77. The van der Waals surface area contributed by atoms with Gasteiger partial charge in [0.1, 0.15) is 11.0 Å². The number of hydrogen-bond acceptors (Lipinski definition) is 6. The fourth-order valence-corrected chi connectivity index (χ4v) is 4.31. The molecule has 0 saturated carbocycles. The monoisotopic (exact) mass is 409 g/mol. The molecule has 0 fully saturated rings. The summed E-state index contributed by atoms with van der Waals surface area (Å²) in [6.45, 7) is 4.92. The van der Waals surface area contributed by atoms with E-state index in [4.69, 9.17) is 4.74 Å². The first-order chi connectivity index (χ1) is 13.3. The highest BCUT2D eigenvalue weighted by Crippen LogP contribution is 2.38. The molecule has 1 aliphatic carbocycles. The normalized spacial score (nSPS) is 13.8. The van der Waals surface area contributed by atoms with Crippen molar-refractivity contribution in [2.24, 2.45) is 0 Å². The van der Waals surface area contributed by atoms with Crippen LogP contribution < -0.4 is 16.0 Å². The fourth-order valence-electron chi connectivity index (χ4n) is 2.98. The highest BCUT2D eigenvalue weighted by atomic mass is 32.1.